The standard InChI is InChI=1S/C13H10ClNO3S/c1-18-13(17)8-2-3-10(14)11(6-8)15-12(16)9-4-5-19-7-9/h2-7H,1H3,(H,15,16). The van der Waals surface area contributed by atoms with Gasteiger partial charge in [0.1, 0.15) is 0 Å². The van der Waals surface area contributed by atoms with E-state index in [9.17, 15) is 9.59 Å². The van der Waals surface area contributed by atoms with Gasteiger partial charge in [0, 0.05) is 5.38 Å². The fourth-order valence-electron chi connectivity index (χ4n) is 1.45. The molecule has 0 unspecified atom stereocenters. The number of hydrogen-bond acceptors (Lipinski definition) is 4. The van der Waals surface area contributed by atoms with Crippen molar-refractivity contribution in [1.82, 2.24) is 0 Å². The first-order valence-electron chi connectivity index (χ1n) is 5.33. The summed E-state index contributed by atoms with van der Waals surface area (Å²) in [6.07, 6.45) is 0. The minimum Gasteiger partial charge on any atom is -0.465 e. The molecule has 2 rings (SSSR count). The fraction of sp³-hybridized carbons (Fsp3) is 0.0769. The van der Waals surface area contributed by atoms with Gasteiger partial charge in [0.05, 0.1) is 28.9 Å². The van der Waals surface area contributed by atoms with Crippen molar-refractivity contribution in [1.29, 1.82) is 0 Å². The summed E-state index contributed by atoms with van der Waals surface area (Å²) in [5.41, 5.74) is 1.25. The summed E-state index contributed by atoms with van der Waals surface area (Å²) in [4.78, 5) is 23.3. The zero-order chi connectivity index (χ0) is 13.8. The number of thiophene rings is 1. The largest absolute Gasteiger partial charge is 0.465 e. The highest BCUT2D eigenvalue weighted by molar-refractivity contribution is 7.08. The maximum atomic E-state index is 11.9. The molecule has 2 aromatic rings. The lowest BCUT2D eigenvalue weighted by Gasteiger charge is -2.08. The summed E-state index contributed by atoms with van der Waals surface area (Å²) in [7, 11) is 1.29. The summed E-state index contributed by atoms with van der Waals surface area (Å²) in [5.74, 6) is -0.757. The number of rotatable bonds is 3. The smallest absolute Gasteiger partial charge is 0.337 e. The highest BCUT2D eigenvalue weighted by Crippen LogP contribution is 2.24. The third-order valence-electron chi connectivity index (χ3n) is 2.42. The van der Waals surface area contributed by atoms with Crippen LogP contribution < -0.4 is 5.32 Å². The quantitative estimate of drug-likeness (QED) is 0.883. The van der Waals surface area contributed by atoms with E-state index in [4.69, 9.17) is 11.6 Å². The Hall–Kier alpha value is -1.85. The van der Waals surface area contributed by atoms with Crippen LogP contribution in [-0.4, -0.2) is 19.0 Å². The van der Waals surface area contributed by atoms with Gasteiger partial charge in [-0.15, -0.1) is 0 Å². The molecule has 19 heavy (non-hydrogen) atoms. The van der Waals surface area contributed by atoms with Gasteiger partial charge < -0.3 is 10.1 Å². The molecule has 1 heterocycles. The molecule has 0 aliphatic heterocycles. The van der Waals surface area contributed by atoms with Crippen molar-refractivity contribution in [2.24, 2.45) is 0 Å². The predicted molar refractivity (Wildman–Crippen MR) is 75.1 cm³/mol. The molecule has 0 bridgehead atoms. The molecular weight excluding hydrogens is 286 g/mol. The molecule has 0 aliphatic carbocycles. The fourth-order valence-corrected chi connectivity index (χ4v) is 2.25. The van der Waals surface area contributed by atoms with Gasteiger partial charge in [-0.3, -0.25) is 4.79 Å². The topological polar surface area (TPSA) is 55.4 Å². The highest BCUT2D eigenvalue weighted by atomic mass is 35.5. The van der Waals surface area contributed by atoms with Crippen LogP contribution >= 0.6 is 22.9 Å². The van der Waals surface area contributed by atoms with Crippen molar-refractivity contribution in [3.8, 4) is 0 Å². The van der Waals surface area contributed by atoms with E-state index >= 15 is 0 Å². The molecule has 6 heteroatoms. The van der Waals surface area contributed by atoms with Crippen LogP contribution in [-0.2, 0) is 4.74 Å². The molecule has 1 aromatic heterocycles. The summed E-state index contributed by atoms with van der Waals surface area (Å²) in [6, 6.07) is 6.27. The van der Waals surface area contributed by atoms with Crippen LogP contribution in [0.15, 0.2) is 35.0 Å². The Bertz CT molecular complexity index is 610. The Kier molecular flexibility index (Phi) is 4.19. The van der Waals surface area contributed by atoms with Crippen molar-refractivity contribution in [2.45, 2.75) is 0 Å². The number of nitrogens with one attached hydrogen (secondary N) is 1. The molecule has 0 aliphatic rings. The maximum Gasteiger partial charge on any atom is 0.337 e. The number of ether oxygens (including phenoxy) is 1. The maximum absolute atomic E-state index is 11.9. The van der Waals surface area contributed by atoms with Crippen LogP contribution in [0.5, 0.6) is 0 Å². The van der Waals surface area contributed by atoms with E-state index in [1.807, 2.05) is 0 Å². The number of carbonyl (C=O) groups is 2. The highest BCUT2D eigenvalue weighted by Gasteiger charge is 2.12. The van der Waals surface area contributed by atoms with E-state index in [0.29, 0.717) is 21.8 Å². The van der Waals surface area contributed by atoms with E-state index in [0.717, 1.165) is 0 Å². The van der Waals surface area contributed by atoms with Gasteiger partial charge in [0.2, 0.25) is 0 Å². The van der Waals surface area contributed by atoms with E-state index in [2.05, 4.69) is 10.1 Å². The summed E-state index contributed by atoms with van der Waals surface area (Å²) in [6.45, 7) is 0. The second-order valence-electron chi connectivity index (χ2n) is 3.65. The van der Waals surface area contributed by atoms with E-state index in [1.165, 1.54) is 36.6 Å². The van der Waals surface area contributed by atoms with Gasteiger partial charge in [-0.2, -0.15) is 11.3 Å². The second-order valence-corrected chi connectivity index (χ2v) is 4.84. The average molecular weight is 296 g/mol. The second kappa shape index (κ2) is 5.86. The Morgan fingerprint density at radius 2 is 2.05 bits per heavy atom. The Labute approximate surface area is 119 Å². The number of hydrogen-bond donors (Lipinski definition) is 1. The van der Waals surface area contributed by atoms with Gasteiger partial charge in [-0.25, -0.2) is 4.79 Å². The van der Waals surface area contributed by atoms with Crippen molar-refractivity contribution in [2.75, 3.05) is 12.4 Å². The van der Waals surface area contributed by atoms with E-state index < -0.39 is 5.97 Å². The van der Waals surface area contributed by atoms with Crippen molar-refractivity contribution >= 4 is 40.5 Å². The number of halogens is 1. The van der Waals surface area contributed by atoms with Crippen LogP contribution in [0, 0.1) is 0 Å². The summed E-state index contributed by atoms with van der Waals surface area (Å²) >= 11 is 7.41. The lowest BCUT2D eigenvalue weighted by Crippen LogP contribution is -2.12. The number of anilines is 1. The molecule has 4 nitrogen and oxygen atoms in total. The molecule has 1 N–H and O–H groups in total. The first-order valence-corrected chi connectivity index (χ1v) is 6.65. The van der Waals surface area contributed by atoms with Gasteiger partial charge >= 0.3 is 5.97 Å². The molecule has 0 spiro atoms. The molecule has 0 fully saturated rings. The molecular formula is C13H10ClNO3S. The zero-order valence-corrected chi connectivity index (χ0v) is 11.5. The monoisotopic (exact) mass is 295 g/mol. The lowest BCUT2D eigenvalue weighted by atomic mass is 10.2. The minimum atomic E-state index is -0.484. The molecule has 0 saturated heterocycles. The zero-order valence-electron chi connectivity index (χ0n) is 9.98. The summed E-state index contributed by atoms with van der Waals surface area (Å²) in [5, 5.41) is 6.55. The lowest BCUT2D eigenvalue weighted by molar-refractivity contribution is 0.0600. The average Bonchev–Trinajstić information content (AvgIpc) is 2.94. The summed E-state index contributed by atoms with van der Waals surface area (Å²) < 4.78 is 4.62. The van der Waals surface area contributed by atoms with Gasteiger partial charge in [0.15, 0.2) is 0 Å². The minimum absolute atomic E-state index is 0.273. The van der Waals surface area contributed by atoms with Crippen LogP contribution in [0.1, 0.15) is 20.7 Å². The molecule has 0 radical (unpaired) electrons. The third-order valence-corrected chi connectivity index (χ3v) is 3.43. The third kappa shape index (κ3) is 3.13. The Morgan fingerprint density at radius 1 is 1.26 bits per heavy atom. The SMILES string of the molecule is COC(=O)c1ccc(Cl)c(NC(=O)c2ccsc2)c1. The van der Waals surface area contributed by atoms with Crippen molar-refractivity contribution < 1.29 is 14.3 Å². The van der Waals surface area contributed by atoms with Crippen molar-refractivity contribution in [3.63, 3.8) is 0 Å². The van der Waals surface area contributed by atoms with Crippen LogP contribution in [0.2, 0.25) is 5.02 Å². The number of carbonyl (C=O) groups excluding carboxylic acids is 2. The van der Waals surface area contributed by atoms with E-state index in [-0.39, 0.29) is 5.91 Å². The number of esters is 1. The normalized spacial score (nSPS) is 10.0. The van der Waals surface area contributed by atoms with Gasteiger partial charge in [-0.05, 0) is 29.6 Å². The molecule has 98 valence electrons. The number of amides is 1. The van der Waals surface area contributed by atoms with Gasteiger partial charge in [-0.1, -0.05) is 11.6 Å². The first kappa shape index (κ1) is 13.6. The van der Waals surface area contributed by atoms with Crippen LogP contribution in [0.25, 0.3) is 0 Å². The van der Waals surface area contributed by atoms with Crippen molar-refractivity contribution in [3.05, 3.63) is 51.2 Å². The van der Waals surface area contributed by atoms with Crippen LogP contribution in [0.3, 0.4) is 0 Å². The van der Waals surface area contributed by atoms with Crippen LogP contribution in [0.4, 0.5) is 5.69 Å². The Balaban J connectivity index is 2.24. The van der Waals surface area contributed by atoms with Gasteiger partial charge in [0.25, 0.3) is 5.91 Å². The molecule has 0 saturated carbocycles. The predicted octanol–water partition coefficient (Wildman–Crippen LogP) is 3.44. The number of methoxy groups -OCH3 is 1. The molecule has 1 amide bonds. The van der Waals surface area contributed by atoms with E-state index in [1.54, 1.807) is 16.8 Å². The number of benzene rings is 1. The molecule has 0 atom stereocenters. The Morgan fingerprint density at radius 3 is 2.68 bits per heavy atom. The molecule has 1 aromatic carbocycles. The first-order chi connectivity index (χ1) is 9.11.